The molecule has 1 aliphatic heterocycles. The van der Waals surface area contributed by atoms with E-state index in [4.69, 9.17) is 14.2 Å². The van der Waals surface area contributed by atoms with Gasteiger partial charge in [0.05, 0.1) is 26.7 Å². The number of phenols is 2. The fraction of sp³-hybridized carbons (Fsp3) is 0.278. The van der Waals surface area contributed by atoms with Gasteiger partial charge in [-0.2, -0.15) is 0 Å². The Balaban J connectivity index is 1.85. The first kappa shape index (κ1) is 16.0. The number of aromatic hydroxyl groups is 2. The van der Waals surface area contributed by atoms with Crippen molar-refractivity contribution in [3.8, 4) is 28.7 Å². The van der Waals surface area contributed by atoms with Gasteiger partial charge in [-0.3, -0.25) is 4.79 Å². The third kappa shape index (κ3) is 2.82. The largest absolute Gasteiger partial charge is 0.507 e. The molecule has 2 aromatic rings. The first-order valence-corrected chi connectivity index (χ1v) is 7.47. The van der Waals surface area contributed by atoms with Crippen LogP contribution in [0.1, 0.15) is 15.9 Å². The fourth-order valence-corrected chi connectivity index (χ4v) is 2.82. The number of ether oxygens (including phenoxy) is 3. The third-order valence-corrected chi connectivity index (χ3v) is 4.07. The first-order chi connectivity index (χ1) is 11.5. The number of phenolic OH excluding ortho intramolecular Hbond substituents is 2. The number of hydrogen-bond acceptors (Lipinski definition) is 6. The Bertz CT molecular complexity index is 783. The number of fused-ring (bicyclic) bond motifs is 1. The van der Waals surface area contributed by atoms with Crippen molar-refractivity contribution in [1.82, 2.24) is 0 Å². The molecule has 0 aromatic heterocycles. The molecule has 1 atom stereocenters. The second kappa shape index (κ2) is 6.31. The zero-order chi connectivity index (χ0) is 17.3. The molecule has 0 bridgehead atoms. The maximum Gasteiger partial charge on any atom is 0.177 e. The van der Waals surface area contributed by atoms with Gasteiger partial charge in [-0.1, -0.05) is 6.07 Å². The Hall–Kier alpha value is -2.89. The van der Waals surface area contributed by atoms with Gasteiger partial charge < -0.3 is 24.4 Å². The lowest BCUT2D eigenvalue weighted by molar-refractivity contribution is 0.0825. The number of Topliss-reactive ketones (excluding diaryl/α,β-unsaturated/α-hetero) is 1. The van der Waals surface area contributed by atoms with Crippen molar-refractivity contribution >= 4 is 5.78 Å². The highest BCUT2D eigenvalue weighted by Gasteiger charge is 2.32. The predicted octanol–water partition coefficient (Wildman–Crippen LogP) is 2.55. The molecule has 1 heterocycles. The van der Waals surface area contributed by atoms with E-state index in [-0.39, 0.29) is 29.5 Å². The maximum atomic E-state index is 12.7. The summed E-state index contributed by atoms with van der Waals surface area (Å²) in [6.07, 6.45) is 0.390. The van der Waals surface area contributed by atoms with E-state index in [0.29, 0.717) is 23.7 Å². The molecule has 0 saturated heterocycles. The van der Waals surface area contributed by atoms with Crippen molar-refractivity contribution < 1.29 is 29.2 Å². The summed E-state index contributed by atoms with van der Waals surface area (Å²) >= 11 is 0. The van der Waals surface area contributed by atoms with E-state index in [0.717, 1.165) is 5.56 Å². The van der Waals surface area contributed by atoms with Crippen LogP contribution in [-0.2, 0) is 6.42 Å². The SMILES string of the molecule is COc1cc(O)c2c(c1)OC[C@H](Cc1ccc(OC)c(O)c1)C2=O. The lowest BCUT2D eigenvalue weighted by atomic mass is 9.89. The van der Waals surface area contributed by atoms with Crippen molar-refractivity contribution in [1.29, 1.82) is 0 Å². The minimum absolute atomic E-state index is 0.0205. The Labute approximate surface area is 139 Å². The second-order valence-corrected chi connectivity index (χ2v) is 5.60. The molecule has 0 radical (unpaired) electrons. The predicted molar refractivity (Wildman–Crippen MR) is 86.3 cm³/mol. The van der Waals surface area contributed by atoms with Gasteiger partial charge >= 0.3 is 0 Å². The van der Waals surface area contributed by atoms with E-state index in [1.54, 1.807) is 24.3 Å². The average Bonchev–Trinajstić information content (AvgIpc) is 2.57. The molecule has 6 nitrogen and oxygen atoms in total. The maximum absolute atomic E-state index is 12.7. The molecule has 0 saturated carbocycles. The van der Waals surface area contributed by atoms with Gasteiger partial charge in [0.2, 0.25) is 0 Å². The minimum atomic E-state index is -0.440. The molecule has 0 spiro atoms. The van der Waals surface area contributed by atoms with Gasteiger partial charge in [0.25, 0.3) is 0 Å². The molecule has 0 aliphatic carbocycles. The van der Waals surface area contributed by atoms with Crippen LogP contribution in [0.5, 0.6) is 28.7 Å². The van der Waals surface area contributed by atoms with Gasteiger partial charge in [0.1, 0.15) is 22.8 Å². The van der Waals surface area contributed by atoms with E-state index in [2.05, 4.69) is 0 Å². The Morgan fingerprint density at radius 3 is 2.58 bits per heavy atom. The highest BCUT2D eigenvalue weighted by molar-refractivity contribution is 6.04. The van der Waals surface area contributed by atoms with E-state index >= 15 is 0 Å². The molecular formula is C18H18O6. The van der Waals surface area contributed by atoms with Crippen LogP contribution >= 0.6 is 0 Å². The van der Waals surface area contributed by atoms with Crippen molar-refractivity contribution in [2.75, 3.05) is 20.8 Å². The van der Waals surface area contributed by atoms with Crippen LogP contribution in [0.15, 0.2) is 30.3 Å². The van der Waals surface area contributed by atoms with Crippen molar-refractivity contribution in [3.63, 3.8) is 0 Å². The van der Waals surface area contributed by atoms with Crippen LogP contribution in [-0.4, -0.2) is 36.8 Å². The number of carbonyl (C=O) groups is 1. The molecule has 0 fully saturated rings. The monoisotopic (exact) mass is 330 g/mol. The van der Waals surface area contributed by atoms with E-state index < -0.39 is 5.92 Å². The van der Waals surface area contributed by atoms with Gasteiger partial charge in [-0.25, -0.2) is 0 Å². The summed E-state index contributed by atoms with van der Waals surface area (Å²) in [4.78, 5) is 12.7. The van der Waals surface area contributed by atoms with Crippen molar-refractivity contribution in [3.05, 3.63) is 41.5 Å². The summed E-state index contributed by atoms with van der Waals surface area (Å²) < 4.78 is 15.7. The number of carbonyl (C=O) groups excluding carboxylic acids is 1. The minimum Gasteiger partial charge on any atom is -0.507 e. The summed E-state index contributed by atoms with van der Waals surface area (Å²) in [5.41, 5.74) is 0.955. The molecule has 3 rings (SSSR count). The molecule has 0 amide bonds. The van der Waals surface area contributed by atoms with Crippen LogP contribution in [0.3, 0.4) is 0 Å². The van der Waals surface area contributed by atoms with Crippen LogP contribution in [0.4, 0.5) is 0 Å². The summed E-state index contributed by atoms with van der Waals surface area (Å²) in [5, 5.41) is 19.9. The van der Waals surface area contributed by atoms with Crippen molar-refractivity contribution in [2.45, 2.75) is 6.42 Å². The number of benzene rings is 2. The quantitative estimate of drug-likeness (QED) is 0.896. The molecule has 2 aromatic carbocycles. The normalized spacial score (nSPS) is 16.2. The van der Waals surface area contributed by atoms with Crippen LogP contribution in [0.2, 0.25) is 0 Å². The van der Waals surface area contributed by atoms with Crippen molar-refractivity contribution in [2.24, 2.45) is 5.92 Å². The van der Waals surface area contributed by atoms with Crippen LogP contribution < -0.4 is 14.2 Å². The average molecular weight is 330 g/mol. The highest BCUT2D eigenvalue weighted by Crippen LogP contribution is 2.39. The van der Waals surface area contributed by atoms with Gasteiger partial charge in [-0.15, -0.1) is 0 Å². The Kier molecular flexibility index (Phi) is 4.20. The molecule has 1 aliphatic rings. The molecule has 126 valence electrons. The number of hydrogen-bond donors (Lipinski definition) is 2. The Morgan fingerprint density at radius 2 is 1.92 bits per heavy atom. The van der Waals surface area contributed by atoms with E-state index in [9.17, 15) is 15.0 Å². The zero-order valence-corrected chi connectivity index (χ0v) is 13.4. The third-order valence-electron chi connectivity index (χ3n) is 4.07. The van der Waals surface area contributed by atoms with Gasteiger partial charge in [0.15, 0.2) is 17.3 Å². The molecule has 6 heteroatoms. The van der Waals surface area contributed by atoms with Crippen LogP contribution in [0, 0.1) is 5.92 Å². The lowest BCUT2D eigenvalue weighted by Crippen LogP contribution is -2.29. The summed E-state index contributed by atoms with van der Waals surface area (Å²) in [5.74, 6) is 0.364. The number of ketones is 1. The highest BCUT2D eigenvalue weighted by atomic mass is 16.5. The summed E-state index contributed by atoms with van der Waals surface area (Å²) in [6, 6.07) is 7.98. The zero-order valence-electron chi connectivity index (χ0n) is 13.4. The first-order valence-electron chi connectivity index (χ1n) is 7.47. The van der Waals surface area contributed by atoms with E-state index in [1.807, 2.05) is 0 Å². The van der Waals surface area contributed by atoms with Gasteiger partial charge in [-0.05, 0) is 24.1 Å². The summed E-state index contributed by atoms with van der Waals surface area (Å²) in [7, 11) is 2.95. The van der Waals surface area contributed by atoms with Crippen LogP contribution in [0.25, 0.3) is 0 Å². The van der Waals surface area contributed by atoms with E-state index in [1.165, 1.54) is 20.3 Å². The summed E-state index contributed by atoms with van der Waals surface area (Å²) in [6.45, 7) is 0.200. The number of rotatable bonds is 4. The molecule has 24 heavy (non-hydrogen) atoms. The second-order valence-electron chi connectivity index (χ2n) is 5.60. The number of methoxy groups -OCH3 is 2. The molecule has 0 unspecified atom stereocenters. The molecule has 2 N–H and O–H groups in total. The molecular weight excluding hydrogens is 312 g/mol. The fourth-order valence-electron chi connectivity index (χ4n) is 2.82. The topological polar surface area (TPSA) is 85.2 Å². The smallest absolute Gasteiger partial charge is 0.177 e. The van der Waals surface area contributed by atoms with Gasteiger partial charge in [0, 0.05) is 12.1 Å². The lowest BCUT2D eigenvalue weighted by Gasteiger charge is -2.25. The Morgan fingerprint density at radius 1 is 1.12 bits per heavy atom. The standard InChI is InChI=1S/C18H18O6/c1-22-12-7-14(20)17-16(8-12)24-9-11(18(17)21)5-10-3-4-15(23-2)13(19)6-10/h3-4,6-8,11,19-20H,5,9H2,1-2H3/t11-/m0/s1.